The van der Waals surface area contributed by atoms with Crippen LogP contribution in [0.4, 0.5) is 5.69 Å². The van der Waals surface area contributed by atoms with Crippen LogP contribution in [0.5, 0.6) is 5.75 Å². The Bertz CT molecular complexity index is 653. The number of rotatable bonds is 8. The lowest BCUT2D eigenvalue weighted by Crippen LogP contribution is -2.15. The number of hydrogen-bond donors (Lipinski definition) is 2. The van der Waals surface area contributed by atoms with Gasteiger partial charge in [-0.05, 0) is 43.7 Å². The average Bonchev–Trinajstić information content (AvgIpc) is 2.54. The van der Waals surface area contributed by atoms with Crippen molar-refractivity contribution in [1.29, 1.82) is 0 Å². The molecular weight excluding hydrogens is 313 g/mol. The average molecular weight is 335 g/mol. The van der Waals surface area contributed by atoms with Crippen molar-refractivity contribution in [2.24, 2.45) is 0 Å². The second-order valence-electron chi connectivity index (χ2n) is 4.88. The van der Waals surface area contributed by atoms with Crippen molar-refractivity contribution >= 4 is 13.3 Å². The highest BCUT2D eigenvalue weighted by molar-refractivity contribution is 7.54. The van der Waals surface area contributed by atoms with Crippen LogP contribution in [0.25, 0.3) is 0 Å². The lowest BCUT2D eigenvalue weighted by molar-refractivity contribution is 0.214. The van der Waals surface area contributed by atoms with Crippen LogP contribution in [0.15, 0.2) is 54.6 Å². The number of para-hydroxylation sites is 1. The molecule has 0 aliphatic carbocycles. The Morgan fingerprint density at radius 1 is 1.04 bits per heavy atom. The molecular formula is C17H22NO4P. The molecule has 1 unspecified atom stereocenters. The molecule has 0 amide bonds. The van der Waals surface area contributed by atoms with Crippen molar-refractivity contribution in [2.75, 3.05) is 18.5 Å². The summed E-state index contributed by atoms with van der Waals surface area (Å²) in [5, 5.41) is 13.0. The summed E-state index contributed by atoms with van der Waals surface area (Å²) in [5.41, 5.74) is 1.43. The summed E-state index contributed by atoms with van der Waals surface area (Å²) in [6.07, 6.45) is 0. The first kappa shape index (κ1) is 17.5. The fourth-order valence-corrected chi connectivity index (χ4v) is 4.20. The van der Waals surface area contributed by atoms with E-state index >= 15 is 0 Å². The molecule has 0 aliphatic rings. The number of phenolic OH excluding ortho intramolecular Hbond substituents is 1. The molecule has 0 heterocycles. The second kappa shape index (κ2) is 8.16. The molecule has 2 rings (SSSR count). The highest BCUT2D eigenvalue weighted by Crippen LogP contribution is 2.60. The Morgan fingerprint density at radius 2 is 1.70 bits per heavy atom. The Kier molecular flexibility index (Phi) is 6.22. The topological polar surface area (TPSA) is 67.8 Å². The van der Waals surface area contributed by atoms with Gasteiger partial charge in [-0.2, -0.15) is 0 Å². The maximum absolute atomic E-state index is 13.2. The quantitative estimate of drug-likeness (QED) is 0.680. The Balaban J connectivity index is 2.43. The smallest absolute Gasteiger partial charge is 0.357 e. The summed E-state index contributed by atoms with van der Waals surface area (Å²) >= 11 is 0. The van der Waals surface area contributed by atoms with Crippen molar-refractivity contribution in [3.8, 4) is 5.75 Å². The predicted molar refractivity (Wildman–Crippen MR) is 91.8 cm³/mol. The molecule has 6 heteroatoms. The van der Waals surface area contributed by atoms with Gasteiger partial charge in [0.15, 0.2) is 5.78 Å². The first-order valence-electron chi connectivity index (χ1n) is 7.58. The molecule has 5 nitrogen and oxygen atoms in total. The molecule has 2 N–H and O–H groups in total. The largest absolute Gasteiger partial charge is 0.508 e. The monoisotopic (exact) mass is 335 g/mol. The molecule has 0 fully saturated rings. The summed E-state index contributed by atoms with van der Waals surface area (Å²) in [7, 11) is -3.46. The molecule has 0 aromatic heterocycles. The number of phenols is 1. The number of benzene rings is 2. The fraction of sp³-hybridized carbons (Fsp3) is 0.294. The van der Waals surface area contributed by atoms with Gasteiger partial charge in [0.25, 0.3) is 0 Å². The highest BCUT2D eigenvalue weighted by Gasteiger charge is 2.37. The minimum Gasteiger partial charge on any atom is -0.508 e. The Labute approximate surface area is 136 Å². The van der Waals surface area contributed by atoms with Gasteiger partial charge in [-0.25, -0.2) is 0 Å². The fourth-order valence-electron chi connectivity index (χ4n) is 2.28. The third-order valence-electron chi connectivity index (χ3n) is 3.20. The van der Waals surface area contributed by atoms with Crippen LogP contribution in [0.2, 0.25) is 0 Å². The van der Waals surface area contributed by atoms with Crippen molar-refractivity contribution in [1.82, 2.24) is 0 Å². The van der Waals surface area contributed by atoms with Gasteiger partial charge in [0.2, 0.25) is 0 Å². The van der Waals surface area contributed by atoms with E-state index < -0.39 is 13.4 Å². The normalized spacial score (nSPS) is 12.8. The minimum atomic E-state index is -3.46. The van der Waals surface area contributed by atoms with E-state index in [1.54, 1.807) is 38.1 Å². The Morgan fingerprint density at radius 3 is 2.26 bits per heavy atom. The van der Waals surface area contributed by atoms with Crippen molar-refractivity contribution in [3.05, 3.63) is 60.2 Å². The van der Waals surface area contributed by atoms with Gasteiger partial charge in [-0.15, -0.1) is 0 Å². The van der Waals surface area contributed by atoms with E-state index in [-0.39, 0.29) is 19.0 Å². The van der Waals surface area contributed by atoms with Crippen LogP contribution >= 0.6 is 7.60 Å². The van der Waals surface area contributed by atoms with E-state index in [2.05, 4.69) is 5.32 Å². The molecule has 0 radical (unpaired) electrons. The zero-order valence-corrected chi connectivity index (χ0v) is 14.2. The number of nitrogens with one attached hydrogen (secondary N) is 1. The molecule has 1 atom stereocenters. The number of anilines is 1. The lowest BCUT2D eigenvalue weighted by atomic mass is 10.2. The van der Waals surface area contributed by atoms with E-state index in [9.17, 15) is 9.67 Å². The van der Waals surface area contributed by atoms with Gasteiger partial charge in [-0.1, -0.05) is 30.3 Å². The molecule has 0 bridgehead atoms. The lowest BCUT2D eigenvalue weighted by Gasteiger charge is -2.28. The van der Waals surface area contributed by atoms with Gasteiger partial charge in [0.05, 0.1) is 13.2 Å². The summed E-state index contributed by atoms with van der Waals surface area (Å²) in [6, 6.07) is 16.0. The van der Waals surface area contributed by atoms with Gasteiger partial charge < -0.3 is 19.5 Å². The van der Waals surface area contributed by atoms with Crippen LogP contribution in [-0.4, -0.2) is 18.3 Å². The molecule has 2 aromatic rings. The molecule has 124 valence electrons. The molecule has 0 saturated heterocycles. The SMILES string of the molecule is CCOP(=O)(OCC)C(Nc1ccccc1)c1cccc(O)c1. The maximum atomic E-state index is 13.2. The minimum absolute atomic E-state index is 0.0990. The number of aromatic hydroxyl groups is 1. The van der Waals surface area contributed by atoms with Crippen LogP contribution < -0.4 is 5.32 Å². The third-order valence-corrected chi connectivity index (χ3v) is 5.49. The zero-order valence-electron chi connectivity index (χ0n) is 13.3. The molecule has 0 spiro atoms. The van der Waals surface area contributed by atoms with Gasteiger partial charge in [0.1, 0.15) is 5.75 Å². The van der Waals surface area contributed by atoms with Crippen LogP contribution in [0.3, 0.4) is 0 Å². The molecule has 0 saturated carbocycles. The van der Waals surface area contributed by atoms with Gasteiger partial charge in [0, 0.05) is 5.69 Å². The molecule has 0 aliphatic heterocycles. The van der Waals surface area contributed by atoms with E-state index in [1.165, 1.54) is 0 Å². The van der Waals surface area contributed by atoms with E-state index in [4.69, 9.17) is 9.05 Å². The van der Waals surface area contributed by atoms with E-state index in [1.807, 2.05) is 30.3 Å². The standard InChI is InChI=1S/C17H22NO4P/c1-3-21-23(20,22-4-2)17(14-9-8-12-16(19)13-14)18-15-10-6-5-7-11-15/h5-13,17-19H,3-4H2,1-2H3. The van der Waals surface area contributed by atoms with Crippen molar-refractivity contribution in [3.63, 3.8) is 0 Å². The third kappa shape index (κ3) is 4.58. The molecule has 23 heavy (non-hydrogen) atoms. The van der Waals surface area contributed by atoms with Gasteiger partial charge in [-0.3, -0.25) is 4.57 Å². The number of hydrogen-bond acceptors (Lipinski definition) is 5. The highest BCUT2D eigenvalue weighted by atomic mass is 31.2. The van der Waals surface area contributed by atoms with Crippen molar-refractivity contribution < 1.29 is 18.7 Å². The van der Waals surface area contributed by atoms with Crippen LogP contribution in [-0.2, 0) is 13.6 Å². The van der Waals surface area contributed by atoms with E-state index in [0.29, 0.717) is 5.56 Å². The Hall–Kier alpha value is -1.81. The van der Waals surface area contributed by atoms with Gasteiger partial charge >= 0.3 is 7.60 Å². The summed E-state index contributed by atoms with van der Waals surface area (Å²) in [6.45, 7) is 4.08. The molecule has 2 aromatic carbocycles. The summed E-state index contributed by atoms with van der Waals surface area (Å²) in [5.74, 6) is -0.612. The summed E-state index contributed by atoms with van der Waals surface area (Å²) < 4.78 is 24.2. The first-order valence-corrected chi connectivity index (χ1v) is 9.19. The van der Waals surface area contributed by atoms with Crippen LogP contribution in [0, 0.1) is 0 Å². The maximum Gasteiger partial charge on any atom is 0.357 e. The predicted octanol–water partition coefficient (Wildman–Crippen LogP) is 4.77. The summed E-state index contributed by atoms with van der Waals surface area (Å²) in [4.78, 5) is 0. The van der Waals surface area contributed by atoms with E-state index in [0.717, 1.165) is 5.69 Å². The zero-order chi connectivity index (χ0) is 16.7. The first-order chi connectivity index (χ1) is 11.1. The second-order valence-corrected chi connectivity index (χ2v) is 7.00. The van der Waals surface area contributed by atoms with Crippen molar-refractivity contribution in [2.45, 2.75) is 19.6 Å². The van der Waals surface area contributed by atoms with Crippen LogP contribution in [0.1, 0.15) is 25.2 Å².